The van der Waals surface area contributed by atoms with Crippen LogP contribution in [0.2, 0.25) is 0 Å². The molecule has 0 N–H and O–H groups in total. The molecule has 0 aliphatic rings. The number of allylic oxidation sites excluding steroid dienone is 1. The minimum atomic E-state index is 0.553. The van der Waals surface area contributed by atoms with Crippen LogP contribution < -0.4 is 0 Å². The first-order valence-electron chi connectivity index (χ1n) is 5.80. The van der Waals surface area contributed by atoms with E-state index in [1.165, 1.54) is 16.7 Å². The lowest BCUT2D eigenvalue weighted by Crippen LogP contribution is -2.07. The van der Waals surface area contributed by atoms with Crippen LogP contribution in [0.15, 0.2) is 36.4 Å². The zero-order valence-corrected chi connectivity index (χ0v) is 10.4. The molecular formula is C15H22. The van der Waals surface area contributed by atoms with E-state index < -0.39 is 0 Å². The Bertz CT molecular complexity index is 336. The Morgan fingerprint density at radius 1 is 1.33 bits per heavy atom. The average Bonchev–Trinajstić information content (AvgIpc) is 2.27. The lowest BCUT2D eigenvalue weighted by atomic mass is 9.84. The Kier molecular flexibility index (Phi) is 4.14. The Morgan fingerprint density at radius 3 is 2.53 bits per heavy atom. The van der Waals surface area contributed by atoms with Crippen LogP contribution in [0.4, 0.5) is 0 Å². The van der Waals surface area contributed by atoms with Gasteiger partial charge in [-0.05, 0) is 36.3 Å². The van der Waals surface area contributed by atoms with E-state index in [2.05, 4.69) is 58.5 Å². The molecule has 1 unspecified atom stereocenters. The van der Waals surface area contributed by atoms with E-state index in [0.717, 1.165) is 6.42 Å². The molecular weight excluding hydrogens is 180 g/mol. The maximum Gasteiger partial charge on any atom is -0.0127 e. The summed E-state index contributed by atoms with van der Waals surface area (Å²) in [7, 11) is 0. The molecule has 0 aromatic heterocycles. The van der Waals surface area contributed by atoms with Crippen LogP contribution in [0, 0.1) is 5.92 Å². The number of hydrogen-bond donors (Lipinski definition) is 0. The van der Waals surface area contributed by atoms with Crippen molar-refractivity contribution in [3.8, 4) is 0 Å². The van der Waals surface area contributed by atoms with Gasteiger partial charge in [0, 0.05) is 0 Å². The van der Waals surface area contributed by atoms with Crippen LogP contribution in [0.25, 0.3) is 0 Å². The van der Waals surface area contributed by atoms with Crippen LogP contribution >= 0.6 is 0 Å². The third kappa shape index (κ3) is 2.95. The second kappa shape index (κ2) is 5.16. The number of rotatable bonds is 4. The lowest BCUT2D eigenvalue weighted by molar-refractivity contribution is 0.562. The predicted octanol–water partition coefficient (Wildman–Crippen LogP) is 4.56. The van der Waals surface area contributed by atoms with Gasteiger partial charge in [0.05, 0.1) is 0 Å². The fourth-order valence-electron chi connectivity index (χ4n) is 1.81. The van der Waals surface area contributed by atoms with Gasteiger partial charge in [0.1, 0.15) is 0 Å². The van der Waals surface area contributed by atoms with Crippen molar-refractivity contribution in [3.05, 3.63) is 47.5 Å². The molecule has 0 radical (unpaired) electrons. The minimum Gasteiger partial charge on any atom is -0.0998 e. The largest absolute Gasteiger partial charge is 0.0998 e. The Balaban J connectivity index is 2.90. The molecule has 0 saturated carbocycles. The maximum absolute atomic E-state index is 4.04. The number of hydrogen-bond acceptors (Lipinski definition) is 0. The van der Waals surface area contributed by atoms with E-state index in [9.17, 15) is 0 Å². The maximum atomic E-state index is 4.04. The van der Waals surface area contributed by atoms with Crippen LogP contribution in [0.1, 0.15) is 44.7 Å². The van der Waals surface area contributed by atoms with Gasteiger partial charge >= 0.3 is 0 Å². The summed E-state index contributed by atoms with van der Waals surface area (Å²) in [5.74, 6) is 1.12. The normalized spacial score (nSPS) is 14.7. The third-order valence-electron chi connectivity index (χ3n) is 3.41. The summed E-state index contributed by atoms with van der Waals surface area (Å²) in [4.78, 5) is 0. The second-order valence-corrected chi connectivity index (χ2v) is 4.52. The van der Waals surface area contributed by atoms with Crippen molar-refractivity contribution in [1.82, 2.24) is 0 Å². The monoisotopic (exact) mass is 202 g/mol. The zero-order valence-electron chi connectivity index (χ0n) is 10.4. The summed E-state index contributed by atoms with van der Waals surface area (Å²) < 4.78 is 0. The van der Waals surface area contributed by atoms with Gasteiger partial charge in [-0.15, -0.1) is 0 Å². The summed E-state index contributed by atoms with van der Waals surface area (Å²) in [5.41, 5.74) is 4.13. The fourth-order valence-corrected chi connectivity index (χ4v) is 1.81. The third-order valence-corrected chi connectivity index (χ3v) is 3.41. The van der Waals surface area contributed by atoms with Crippen molar-refractivity contribution in [2.75, 3.05) is 0 Å². The Hall–Kier alpha value is -1.04. The van der Waals surface area contributed by atoms with E-state index in [4.69, 9.17) is 0 Å². The minimum absolute atomic E-state index is 0.553. The SMILES string of the molecule is C=C(C)C(C)[C@@H](C)c1cccc(CC)c1. The molecule has 0 saturated heterocycles. The molecule has 0 fully saturated rings. The standard InChI is InChI=1S/C15H22/c1-6-14-8-7-9-15(10-14)13(5)12(4)11(2)3/h7-10,12-13H,2,6H2,1,3-5H3/t12?,13-/m1/s1. The van der Waals surface area contributed by atoms with Crippen molar-refractivity contribution < 1.29 is 0 Å². The second-order valence-electron chi connectivity index (χ2n) is 4.52. The highest BCUT2D eigenvalue weighted by atomic mass is 14.2. The van der Waals surface area contributed by atoms with Crippen LogP contribution in [-0.2, 0) is 6.42 Å². The molecule has 0 spiro atoms. The summed E-state index contributed by atoms with van der Waals surface area (Å²) in [6.07, 6.45) is 1.11. The van der Waals surface area contributed by atoms with E-state index >= 15 is 0 Å². The average molecular weight is 202 g/mol. The molecule has 1 rings (SSSR count). The van der Waals surface area contributed by atoms with Gasteiger partial charge in [-0.1, -0.05) is 57.2 Å². The van der Waals surface area contributed by atoms with Gasteiger partial charge in [-0.2, -0.15) is 0 Å². The first-order chi connectivity index (χ1) is 7.06. The molecule has 1 aromatic carbocycles. The van der Waals surface area contributed by atoms with E-state index in [1.54, 1.807) is 0 Å². The van der Waals surface area contributed by atoms with Gasteiger partial charge in [-0.3, -0.25) is 0 Å². The number of benzene rings is 1. The molecule has 0 bridgehead atoms. The molecule has 0 aliphatic heterocycles. The highest BCUT2D eigenvalue weighted by molar-refractivity contribution is 5.27. The molecule has 0 amide bonds. The smallest absolute Gasteiger partial charge is 0.0127 e. The lowest BCUT2D eigenvalue weighted by Gasteiger charge is -2.21. The van der Waals surface area contributed by atoms with E-state index in [0.29, 0.717) is 11.8 Å². The van der Waals surface area contributed by atoms with Gasteiger partial charge < -0.3 is 0 Å². The molecule has 0 nitrogen and oxygen atoms in total. The van der Waals surface area contributed by atoms with E-state index in [1.807, 2.05) is 0 Å². The fraction of sp³-hybridized carbons (Fsp3) is 0.467. The van der Waals surface area contributed by atoms with Crippen molar-refractivity contribution in [2.45, 2.75) is 40.0 Å². The highest BCUT2D eigenvalue weighted by Crippen LogP contribution is 2.28. The van der Waals surface area contributed by atoms with Gasteiger partial charge in [0.15, 0.2) is 0 Å². The quantitative estimate of drug-likeness (QED) is 0.628. The Morgan fingerprint density at radius 2 is 2.00 bits per heavy atom. The molecule has 15 heavy (non-hydrogen) atoms. The Labute approximate surface area is 94.0 Å². The highest BCUT2D eigenvalue weighted by Gasteiger charge is 2.14. The van der Waals surface area contributed by atoms with E-state index in [-0.39, 0.29) is 0 Å². The zero-order chi connectivity index (χ0) is 11.4. The molecule has 0 heteroatoms. The van der Waals surface area contributed by atoms with Gasteiger partial charge in [0.25, 0.3) is 0 Å². The molecule has 1 aromatic rings. The molecule has 82 valence electrons. The summed E-state index contributed by atoms with van der Waals surface area (Å²) in [5, 5.41) is 0. The predicted molar refractivity (Wildman–Crippen MR) is 68.2 cm³/mol. The molecule has 2 atom stereocenters. The van der Waals surface area contributed by atoms with Crippen molar-refractivity contribution in [2.24, 2.45) is 5.92 Å². The van der Waals surface area contributed by atoms with Crippen LogP contribution in [-0.4, -0.2) is 0 Å². The first-order valence-corrected chi connectivity index (χ1v) is 5.80. The number of aryl methyl sites for hydroxylation is 1. The van der Waals surface area contributed by atoms with Gasteiger partial charge in [0.2, 0.25) is 0 Å². The van der Waals surface area contributed by atoms with Crippen LogP contribution in [0.3, 0.4) is 0 Å². The van der Waals surface area contributed by atoms with Crippen LogP contribution in [0.5, 0.6) is 0 Å². The van der Waals surface area contributed by atoms with Gasteiger partial charge in [-0.25, -0.2) is 0 Å². The van der Waals surface area contributed by atoms with Crippen molar-refractivity contribution >= 4 is 0 Å². The topological polar surface area (TPSA) is 0 Å². The summed E-state index contributed by atoms with van der Waals surface area (Å²) in [6, 6.07) is 8.91. The molecule has 0 aliphatic carbocycles. The summed E-state index contributed by atoms with van der Waals surface area (Å²) in [6.45, 7) is 12.9. The van der Waals surface area contributed by atoms with Crippen molar-refractivity contribution in [3.63, 3.8) is 0 Å². The van der Waals surface area contributed by atoms with Crippen molar-refractivity contribution in [1.29, 1.82) is 0 Å². The molecule has 0 heterocycles. The summed E-state index contributed by atoms with van der Waals surface area (Å²) >= 11 is 0. The first kappa shape index (κ1) is 12.0.